The lowest BCUT2D eigenvalue weighted by Gasteiger charge is -2.36. The van der Waals surface area contributed by atoms with Crippen LogP contribution in [0, 0.1) is 0 Å². The first-order valence-electron chi connectivity index (χ1n) is 7.13. The Hall–Kier alpha value is -1.13. The zero-order valence-corrected chi connectivity index (χ0v) is 12.4. The number of hydrogen-bond acceptors (Lipinski definition) is 4. The Labute approximate surface area is 116 Å². The molecule has 0 aromatic carbocycles. The lowest BCUT2D eigenvalue weighted by Crippen LogP contribution is -2.45. The molecule has 4 nitrogen and oxygen atoms in total. The van der Waals surface area contributed by atoms with Gasteiger partial charge < -0.3 is 15.0 Å². The number of nitrogens with zero attached hydrogens (tertiary/aromatic N) is 2. The van der Waals surface area contributed by atoms with Gasteiger partial charge in [-0.25, -0.2) is 4.98 Å². The molecule has 1 aliphatic heterocycles. The summed E-state index contributed by atoms with van der Waals surface area (Å²) in [7, 11) is 0. The standard InChI is InChI=1S/C15H25N3O/c1-11(2)17-8-14-5-6-16-15(7-14)18-9-12(3)19-13(4)10-18/h5-7,11-13,17H,8-10H2,1-4H3. The number of nitrogens with one attached hydrogen (secondary N) is 1. The lowest BCUT2D eigenvalue weighted by molar-refractivity contribution is -0.00546. The smallest absolute Gasteiger partial charge is 0.128 e. The maximum Gasteiger partial charge on any atom is 0.128 e. The van der Waals surface area contributed by atoms with Crippen molar-refractivity contribution in [3.63, 3.8) is 0 Å². The van der Waals surface area contributed by atoms with Crippen molar-refractivity contribution in [2.75, 3.05) is 18.0 Å². The van der Waals surface area contributed by atoms with Crippen molar-refractivity contribution >= 4 is 5.82 Å². The van der Waals surface area contributed by atoms with Gasteiger partial charge in [-0.15, -0.1) is 0 Å². The first-order chi connectivity index (χ1) is 9.04. The number of morpholine rings is 1. The van der Waals surface area contributed by atoms with Crippen LogP contribution >= 0.6 is 0 Å². The first kappa shape index (κ1) is 14.3. The molecular formula is C15H25N3O. The van der Waals surface area contributed by atoms with E-state index in [9.17, 15) is 0 Å². The van der Waals surface area contributed by atoms with E-state index in [2.05, 4.69) is 55.0 Å². The molecule has 1 saturated heterocycles. The van der Waals surface area contributed by atoms with E-state index in [1.807, 2.05) is 6.20 Å². The summed E-state index contributed by atoms with van der Waals surface area (Å²) in [6.07, 6.45) is 2.43. The summed E-state index contributed by atoms with van der Waals surface area (Å²) in [6, 6.07) is 4.76. The summed E-state index contributed by atoms with van der Waals surface area (Å²) >= 11 is 0. The molecule has 1 N–H and O–H groups in total. The molecule has 1 aromatic heterocycles. The third-order valence-electron chi connectivity index (χ3n) is 3.27. The Bertz CT molecular complexity index is 398. The van der Waals surface area contributed by atoms with Crippen molar-refractivity contribution < 1.29 is 4.74 Å². The number of anilines is 1. The molecular weight excluding hydrogens is 238 g/mol. The van der Waals surface area contributed by atoms with Crippen molar-refractivity contribution in [2.45, 2.75) is 52.5 Å². The fraction of sp³-hybridized carbons (Fsp3) is 0.667. The van der Waals surface area contributed by atoms with E-state index >= 15 is 0 Å². The van der Waals surface area contributed by atoms with Gasteiger partial charge in [-0.3, -0.25) is 0 Å². The number of pyridine rings is 1. The van der Waals surface area contributed by atoms with Gasteiger partial charge in [-0.2, -0.15) is 0 Å². The Morgan fingerprint density at radius 3 is 2.68 bits per heavy atom. The summed E-state index contributed by atoms with van der Waals surface area (Å²) in [6.45, 7) is 11.3. The third kappa shape index (κ3) is 4.18. The van der Waals surface area contributed by atoms with Crippen molar-refractivity contribution in [1.82, 2.24) is 10.3 Å². The van der Waals surface area contributed by atoms with Crippen LogP contribution in [0.15, 0.2) is 18.3 Å². The maximum absolute atomic E-state index is 5.77. The maximum atomic E-state index is 5.77. The lowest BCUT2D eigenvalue weighted by atomic mass is 10.2. The van der Waals surface area contributed by atoms with Gasteiger partial charge in [0.25, 0.3) is 0 Å². The highest BCUT2D eigenvalue weighted by Crippen LogP contribution is 2.19. The molecule has 1 aromatic rings. The molecule has 106 valence electrons. The fourth-order valence-electron chi connectivity index (χ4n) is 2.43. The molecule has 0 bridgehead atoms. The van der Waals surface area contributed by atoms with Crippen molar-refractivity contribution in [3.05, 3.63) is 23.9 Å². The largest absolute Gasteiger partial charge is 0.372 e. The predicted molar refractivity (Wildman–Crippen MR) is 78.4 cm³/mol. The van der Waals surface area contributed by atoms with Gasteiger partial charge in [-0.05, 0) is 31.5 Å². The SMILES string of the molecule is CC(C)NCc1ccnc(N2CC(C)OC(C)C2)c1. The second-order valence-electron chi connectivity index (χ2n) is 5.72. The molecule has 0 spiro atoms. The van der Waals surface area contributed by atoms with Crippen molar-refractivity contribution in [2.24, 2.45) is 0 Å². The van der Waals surface area contributed by atoms with Crippen molar-refractivity contribution in [3.8, 4) is 0 Å². The number of hydrogen-bond donors (Lipinski definition) is 1. The van der Waals surface area contributed by atoms with E-state index < -0.39 is 0 Å². The Balaban J connectivity index is 2.05. The average molecular weight is 263 g/mol. The highest BCUT2D eigenvalue weighted by atomic mass is 16.5. The molecule has 0 saturated carbocycles. The van der Waals surface area contributed by atoms with E-state index in [-0.39, 0.29) is 12.2 Å². The molecule has 1 aliphatic rings. The molecule has 2 heterocycles. The minimum Gasteiger partial charge on any atom is -0.372 e. The van der Waals surface area contributed by atoms with E-state index in [0.29, 0.717) is 6.04 Å². The number of aromatic nitrogens is 1. The molecule has 2 atom stereocenters. The first-order valence-corrected chi connectivity index (χ1v) is 7.13. The molecule has 0 amide bonds. The van der Waals surface area contributed by atoms with E-state index in [4.69, 9.17) is 4.74 Å². The number of rotatable bonds is 4. The molecule has 2 rings (SSSR count). The Kier molecular flexibility index (Phi) is 4.77. The van der Waals surface area contributed by atoms with Crippen LogP contribution in [-0.2, 0) is 11.3 Å². The zero-order valence-electron chi connectivity index (χ0n) is 12.4. The minimum absolute atomic E-state index is 0.267. The van der Waals surface area contributed by atoms with Gasteiger partial charge in [0.15, 0.2) is 0 Å². The average Bonchev–Trinajstić information content (AvgIpc) is 2.35. The van der Waals surface area contributed by atoms with E-state index in [0.717, 1.165) is 25.5 Å². The summed E-state index contributed by atoms with van der Waals surface area (Å²) in [5.41, 5.74) is 1.28. The summed E-state index contributed by atoms with van der Waals surface area (Å²) < 4.78 is 5.77. The fourth-order valence-corrected chi connectivity index (χ4v) is 2.43. The van der Waals surface area contributed by atoms with Crippen LogP contribution in [-0.4, -0.2) is 36.3 Å². The van der Waals surface area contributed by atoms with Crippen LogP contribution in [0.3, 0.4) is 0 Å². The van der Waals surface area contributed by atoms with Crippen LogP contribution in [0.2, 0.25) is 0 Å². The van der Waals surface area contributed by atoms with Crippen molar-refractivity contribution in [1.29, 1.82) is 0 Å². The van der Waals surface area contributed by atoms with Gasteiger partial charge in [0.1, 0.15) is 5.82 Å². The van der Waals surface area contributed by atoms with Gasteiger partial charge in [0.05, 0.1) is 12.2 Å². The topological polar surface area (TPSA) is 37.4 Å². The Morgan fingerprint density at radius 2 is 2.05 bits per heavy atom. The van der Waals surface area contributed by atoms with Crippen LogP contribution in [0.1, 0.15) is 33.3 Å². The van der Waals surface area contributed by atoms with Crippen LogP contribution < -0.4 is 10.2 Å². The molecule has 0 aliphatic carbocycles. The highest BCUT2D eigenvalue weighted by molar-refractivity contribution is 5.41. The minimum atomic E-state index is 0.267. The van der Waals surface area contributed by atoms with Gasteiger partial charge in [0.2, 0.25) is 0 Å². The quantitative estimate of drug-likeness (QED) is 0.903. The van der Waals surface area contributed by atoms with Crippen LogP contribution in [0.5, 0.6) is 0 Å². The van der Waals surface area contributed by atoms with E-state index in [1.54, 1.807) is 0 Å². The monoisotopic (exact) mass is 263 g/mol. The van der Waals surface area contributed by atoms with Crippen LogP contribution in [0.4, 0.5) is 5.82 Å². The molecule has 1 fully saturated rings. The molecule has 19 heavy (non-hydrogen) atoms. The molecule has 4 heteroatoms. The van der Waals surface area contributed by atoms with Gasteiger partial charge >= 0.3 is 0 Å². The summed E-state index contributed by atoms with van der Waals surface area (Å²) in [5, 5.41) is 3.44. The zero-order chi connectivity index (χ0) is 13.8. The van der Waals surface area contributed by atoms with Crippen LogP contribution in [0.25, 0.3) is 0 Å². The predicted octanol–water partition coefficient (Wildman–Crippen LogP) is 2.19. The highest BCUT2D eigenvalue weighted by Gasteiger charge is 2.23. The summed E-state index contributed by atoms with van der Waals surface area (Å²) in [4.78, 5) is 6.82. The van der Waals surface area contributed by atoms with Gasteiger partial charge in [0, 0.05) is 31.9 Å². The second kappa shape index (κ2) is 6.35. The van der Waals surface area contributed by atoms with Gasteiger partial charge in [-0.1, -0.05) is 13.8 Å². The van der Waals surface area contributed by atoms with E-state index in [1.165, 1.54) is 5.56 Å². The molecule has 0 radical (unpaired) electrons. The normalized spacial score (nSPS) is 23.9. The number of ether oxygens (including phenoxy) is 1. The molecule has 2 unspecified atom stereocenters. The summed E-state index contributed by atoms with van der Waals surface area (Å²) in [5.74, 6) is 1.06. The second-order valence-corrected chi connectivity index (χ2v) is 5.72. The Morgan fingerprint density at radius 1 is 1.37 bits per heavy atom. The third-order valence-corrected chi connectivity index (χ3v) is 3.27.